The Morgan fingerprint density at radius 1 is 0.815 bits per heavy atom. The largest absolute Gasteiger partial charge is 0.489 e. The van der Waals surface area contributed by atoms with Crippen molar-refractivity contribution in [3.05, 3.63) is 96.1 Å². The molecule has 5 nitrogen and oxygen atoms in total. The highest BCUT2D eigenvalue weighted by Gasteiger charge is 2.00. The Morgan fingerprint density at radius 3 is 2.15 bits per heavy atom. The quantitative estimate of drug-likeness (QED) is 0.491. The van der Waals surface area contributed by atoms with Crippen molar-refractivity contribution < 1.29 is 14.3 Å². The minimum absolute atomic E-state index is 0.0897. The smallest absolute Gasteiger partial charge is 0.277 e. The molecule has 0 unspecified atom stereocenters. The van der Waals surface area contributed by atoms with E-state index in [2.05, 4.69) is 10.5 Å². The molecule has 0 aromatic heterocycles. The van der Waals surface area contributed by atoms with Crippen LogP contribution in [0.3, 0.4) is 0 Å². The summed E-state index contributed by atoms with van der Waals surface area (Å²) in [5, 5.41) is 3.93. The maximum absolute atomic E-state index is 11.7. The molecule has 27 heavy (non-hydrogen) atoms. The number of carbonyl (C=O) groups excluding carboxylic acids is 1. The molecule has 0 aliphatic carbocycles. The van der Waals surface area contributed by atoms with Crippen LogP contribution in [0, 0.1) is 0 Å². The van der Waals surface area contributed by atoms with Crippen molar-refractivity contribution >= 4 is 12.1 Å². The summed E-state index contributed by atoms with van der Waals surface area (Å²) in [7, 11) is 0. The van der Waals surface area contributed by atoms with Crippen molar-refractivity contribution in [1.29, 1.82) is 0 Å². The van der Waals surface area contributed by atoms with E-state index in [4.69, 9.17) is 9.47 Å². The first kappa shape index (κ1) is 18.2. The van der Waals surface area contributed by atoms with Crippen LogP contribution in [0.4, 0.5) is 0 Å². The van der Waals surface area contributed by atoms with E-state index in [0.717, 1.165) is 16.9 Å². The number of benzene rings is 3. The molecule has 0 bridgehead atoms. The van der Waals surface area contributed by atoms with E-state index >= 15 is 0 Å². The van der Waals surface area contributed by atoms with Crippen LogP contribution in [0.5, 0.6) is 11.5 Å². The molecule has 1 amide bonds. The van der Waals surface area contributed by atoms with Crippen molar-refractivity contribution in [3.63, 3.8) is 0 Å². The highest BCUT2D eigenvalue weighted by Crippen LogP contribution is 2.13. The van der Waals surface area contributed by atoms with Crippen LogP contribution in [0.25, 0.3) is 0 Å². The molecular weight excluding hydrogens is 340 g/mol. The number of ether oxygens (including phenoxy) is 2. The standard InChI is InChI=1S/C22H20N2O3/c25-22(17-27-20-9-5-2-6-10-20)24-23-15-18-11-13-21(14-12-18)26-16-19-7-3-1-4-8-19/h1-15H,16-17H2,(H,24,25)/b23-15-. The fourth-order valence-electron chi connectivity index (χ4n) is 2.27. The minimum Gasteiger partial charge on any atom is -0.489 e. The van der Waals surface area contributed by atoms with E-state index in [-0.39, 0.29) is 12.5 Å². The van der Waals surface area contributed by atoms with E-state index in [0.29, 0.717) is 12.4 Å². The van der Waals surface area contributed by atoms with Gasteiger partial charge in [0.2, 0.25) is 0 Å². The van der Waals surface area contributed by atoms with E-state index in [1.807, 2.05) is 72.8 Å². The zero-order valence-corrected chi connectivity index (χ0v) is 14.7. The lowest BCUT2D eigenvalue weighted by molar-refractivity contribution is -0.123. The fraction of sp³-hybridized carbons (Fsp3) is 0.0909. The number of hydrazone groups is 1. The highest BCUT2D eigenvalue weighted by molar-refractivity contribution is 5.83. The van der Waals surface area contributed by atoms with Gasteiger partial charge in [0.25, 0.3) is 5.91 Å². The van der Waals surface area contributed by atoms with Crippen molar-refractivity contribution in [2.75, 3.05) is 6.61 Å². The summed E-state index contributed by atoms with van der Waals surface area (Å²) in [4.78, 5) is 11.7. The van der Waals surface area contributed by atoms with Crippen LogP contribution in [0.2, 0.25) is 0 Å². The molecule has 136 valence electrons. The van der Waals surface area contributed by atoms with Gasteiger partial charge in [-0.1, -0.05) is 48.5 Å². The average Bonchev–Trinajstić information content (AvgIpc) is 2.73. The van der Waals surface area contributed by atoms with Gasteiger partial charge in [0.15, 0.2) is 6.61 Å². The number of amides is 1. The zero-order chi connectivity index (χ0) is 18.7. The van der Waals surface area contributed by atoms with Crippen LogP contribution < -0.4 is 14.9 Å². The number of carbonyl (C=O) groups is 1. The van der Waals surface area contributed by atoms with Crippen molar-refractivity contribution in [1.82, 2.24) is 5.43 Å². The summed E-state index contributed by atoms with van der Waals surface area (Å²) >= 11 is 0. The third-order valence-corrected chi connectivity index (χ3v) is 3.64. The lowest BCUT2D eigenvalue weighted by atomic mass is 10.2. The minimum atomic E-state index is -0.321. The summed E-state index contributed by atoms with van der Waals surface area (Å²) in [5.74, 6) is 1.09. The van der Waals surface area contributed by atoms with Crippen LogP contribution >= 0.6 is 0 Å². The Morgan fingerprint density at radius 2 is 1.44 bits per heavy atom. The molecular formula is C22H20N2O3. The van der Waals surface area contributed by atoms with E-state index in [1.165, 1.54) is 0 Å². The summed E-state index contributed by atoms with van der Waals surface area (Å²) in [6.45, 7) is 0.430. The second-order valence-electron chi connectivity index (χ2n) is 5.74. The topological polar surface area (TPSA) is 59.9 Å². The summed E-state index contributed by atoms with van der Waals surface area (Å²) < 4.78 is 11.1. The number of para-hydroxylation sites is 1. The van der Waals surface area contributed by atoms with Gasteiger partial charge in [0.05, 0.1) is 6.21 Å². The molecule has 0 aliphatic rings. The molecule has 0 heterocycles. The van der Waals surface area contributed by atoms with Crippen molar-refractivity contribution in [2.24, 2.45) is 5.10 Å². The third-order valence-electron chi connectivity index (χ3n) is 3.64. The molecule has 3 aromatic carbocycles. The number of nitrogens with zero attached hydrogens (tertiary/aromatic N) is 1. The zero-order valence-electron chi connectivity index (χ0n) is 14.7. The monoisotopic (exact) mass is 360 g/mol. The number of nitrogens with one attached hydrogen (secondary N) is 1. The van der Waals surface area contributed by atoms with Crippen LogP contribution in [-0.2, 0) is 11.4 Å². The molecule has 3 rings (SSSR count). The molecule has 0 atom stereocenters. The number of rotatable bonds is 8. The first-order valence-corrected chi connectivity index (χ1v) is 8.56. The van der Waals surface area contributed by atoms with Gasteiger partial charge < -0.3 is 9.47 Å². The predicted molar refractivity (Wildman–Crippen MR) is 105 cm³/mol. The molecule has 5 heteroatoms. The van der Waals surface area contributed by atoms with Crippen molar-refractivity contribution in [3.8, 4) is 11.5 Å². The van der Waals surface area contributed by atoms with Gasteiger partial charge in [-0.05, 0) is 47.5 Å². The molecule has 0 aliphatic heterocycles. The molecule has 0 spiro atoms. The van der Waals surface area contributed by atoms with Gasteiger partial charge >= 0.3 is 0 Å². The summed E-state index contributed by atoms with van der Waals surface area (Å²) in [5.41, 5.74) is 4.40. The number of hydrogen-bond acceptors (Lipinski definition) is 4. The molecule has 0 fully saturated rings. The Kier molecular flexibility index (Phi) is 6.59. The molecule has 0 saturated heterocycles. The lowest BCUT2D eigenvalue weighted by Gasteiger charge is -2.06. The van der Waals surface area contributed by atoms with Gasteiger partial charge in [0, 0.05) is 0 Å². The van der Waals surface area contributed by atoms with Gasteiger partial charge in [-0.2, -0.15) is 5.10 Å². The second-order valence-corrected chi connectivity index (χ2v) is 5.74. The second kappa shape index (κ2) is 9.77. The number of hydrogen-bond donors (Lipinski definition) is 1. The third kappa shape index (κ3) is 6.32. The van der Waals surface area contributed by atoms with E-state index in [1.54, 1.807) is 18.3 Å². The molecule has 0 saturated carbocycles. The Labute approximate surface area is 158 Å². The normalized spacial score (nSPS) is 10.5. The van der Waals surface area contributed by atoms with E-state index < -0.39 is 0 Å². The molecule has 3 aromatic rings. The first-order valence-electron chi connectivity index (χ1n) is 8.56. The van der Waals surface area contributed by atoms with Gasteiger partial charge in [-0.15, -0.1) is 0 Å². The Hall–Kier alpha value is -3.60. The van der Waals surface area contributed by atoms with Crippen LogP contribution in [0.1, 0.15) is 11.1 Å². The molecule has 1 N–H and O–H groups in total. The highest BCUT2D eigenvalue weighted by atomic mass is 16.5. The Bertz CT molecular complexity index is 863. The summed E-state index contributed by atoms with van der Waals surface area (Å²) in [6, 6.07) is 26.6. The van der Waals surface area contributed by atoms with Crippen molar-refractivity contribution in [2.45, 2.75) is 6.61 Å². The first-order chi connectivity index (χ1) is 13.3. The average molecular weight is 360 g/mol. The van der Waals surface area contributed by atoms with Crippen LogP contribution in [-0.4, -0.2) is 18.7 Å². The lowest BCUT2D eigenvalue weighted by Crippen LogP contribution is -2.24. The summed E-state index contributed by atoms with van der Waals surface area (Å²) in [6.07, 6.45) is 1.57. The van der Waals surface area contributed by atoms with Crippen LogP contribution in [0.15, 0.2) is 90.0 Å². The fourth-order valence-corrected chi connectivity index (χ4v) is 2.27. The SMILES string of the molecule is O=C(COc1ccccc1)N/N=C\c1ccc(OCc2ccccc2)cc1. The maximum Gasteiger partial charge on any atom is 0.277 e. The van der Waals surface area contributed by atoms with Gasteiger partial charge in [0.1, 0.15) is 18.1 Å². The van der Waals surface area contributed by atoms with E-state index in [9.17, 15) is 4.79 Å². The van der Waals surface area contributed by atoms with Gasteiger partial charge in [-0.3, -0.25) is 4.79 Å². The predicted octanol–water partition coefficient (Wildman–Crippen LogP) is 3.79. The molecule has 0 radical (unpaired) electrons. The van der Waals surface area contributed by atoms with Gasteiger partial charge in [-0.25, -0.2) is 5.43 Å². The maximum atomic E-state index is 11.7. The Balaban J connectivity index is 1.41.